The molecule has 0 aliphatic carbocycles. The number of fused-ring (bicyclic) bond motifs is 6. The summed E-state index contributed by atoms with van der Waals surface area (Å²) in [5.74, 6) is 0. The van der Waals surface area contributed by atoms with Crippen molar-refractivity contribution in [3.63, 3.8) is 0 Å². The van der Waals surface area contributed by atoms with Crippen LogP contribution in [0, 0.1) is 0 Å². The van der Waals surface area contributed by atoms with Gasteiger partial charge < -0.3 is 9.32 Å². The summed E-state index contributed by atoms with van der Waals surface area (Å²) >= 11 is 0. The number of furan rings is 1. The first-order valence-corrected chi connectivity index (χ1v) is 17.8. The van der Waals surface area contributed by atoms with E-state index in [0.717, 1.165) is 55.5 Å². The molecule has 244 valence electrons. The molecule has 0 atom stereocenters. The number of rotatable bonds is 6. The van der Waals surface area contributed by atoms with Gasteiger partial charge in [0.2, 0.25) is 0 Å². The molecule has 0 spiro atoms. The molecule has 1 heterocycles. The summed E-state index contributed by atoms with van der Waals surface area (Å²) in [6.07, 6.45) is 0. The molecule has 0 radical (unpaired) electrons. The Balaban J connectivity index is 1.33. The lowest BCUT2D eigenvalue weighted by molar-refractivity contribution is 0.673. The van der Waals surface area contributed by atoms with Crippen LogP contribution in [0.15, 0.2) is 205 Å². The van der Waals surface area contributed by atoms with Crippen LogP contribution in [-0.4, -0.2) is 0 Å². The maximum atomic E-state index is 6.93. The molecule has 52 heavy (non-hydrogen) atoms. The van der Waals surface area contributed by atoms with E-state index in [2.05, 4.69) is 205 Å². The smallest absolute Gasteiger partial charge is 0.143 e. The Kier molecular flexibility index (Phi) is 7.18. The average Bonchev–Trinajstić information content (AvgIpc) is 3.61. The highest BCUT2D eigenvalue weighted by Crippen LogP contribution is 2.50. The standard InChI is InChI=1S/C50H33NO/c1-4-14-34(15-5-1)36-24-27-40(28-25-36)51(41-29-26-35-16-10-11-21-39(35)32-41)49-42(37-17-6-2-7-18-37)30-31-47-48(49)46-33-45(38-19-8-3-9-20-38)43-22-12-13-23-44(43)50(46)52-47/h1-33H. The second-order valence-electron chi connectivity index (χ2n) is 13.3. The van der Waals surface area contributed by atoms with Gasteiger partial charge in [0.05, 0.1) is 11.1 Å². The van der Waals surface area contributed by atoms with E-state index in [1.165, 1.54) is 38.4 Å². The van der Waals surface area contributed by atoms with Crippen molar-refractivity contribution in [3.8, 4) is 33.4 Å². The summed E-state index contributed by atoms with van der Waals surface area (Å²) in [7, 11) is 0. The van der Waals surface area contributed by atoms with E-state index in [1.807, 2.05) is 0 Å². The van der Waals surface area contributed by atoms with E-state index < -0.39 is 0 Å². The summed E-state index contributed by atoms with van der Waals surface area (Å²) in [6.45, 7) is 0. The van der Waals surface area contributed by atoms with Crippen LogP contribution in [0.25, 0.3) is 76.9 Å². The molecule has 0 aliphatic rings. The van der Waals surface area contributed by atoms with E-state index >= 15 is 0 Å². The van der Waals surface area contributed by atoms with Crippen LogP contribution in [-0.2, 0) is 0 Å². The molecule has 2 heteroatoms. The lowest BCUT2D eigenvalue weighted by atomic mass is 9.93. The third-order valence-corrected chi connectivity index (χ3v) is 10.2. The maximum absolute atomic E-state index is 6.93. The molecule has 2 nitrogen and oxygen atoms in total. The first-order valence-electron chi connectivity index (χ1n) is 17.8. The lowest BCUT2D eigenvalue weighted by Crippen LogP contribution is -2.12. The van der Waals surface area contributed by atoms with E-state index in [4.69, 9.17) is 4.42 Å². The zero-order chi connectivity index (χ0) is 34.4. The van der Waals surface area contributed by atoms with Crippen LogP contribution in [0.4, 0.5) is 17.1 Å². The van der Waals surface area contributed by atoms with Crippen molar-refractivity contribution in [2.75, 3.05) is 4.90 Å². The molecule has 9 aromatic carbocycles. The van der Waals surface area contributed by atoms with E-state index in [-0.39, 0.29) is 0 Å². The Morgan fingerprint density at radius 3 is 1.62 bits per heavy atom. The summed E-state index contributed by atoms with van der Waals surface area (Å²) in [4.78, 5) is 2.43. The first-order chi connectivity index (χ1) is 25.8. The average molecular weight is 664 g/mol. The quantitative estimate of drug-likeness (QED) is 0.176. The van der Waals surface area contributed by atoms with Gasteiger partial charge in [-0.2, -0.15) is 0 Å². The summed E-state index contributed by atoms with van der Waals surface area (Å²) in [5, 5.41) is 6.85. The number of benzene rings is 9. The molecule has 0 bridgehead atoms. The first kappa shape index (κ1) is 30.0. The minimum absolute atomic E-state index is 0.853. The number of hydrogen-bond donors (Lipinski definition) is 0. The molecule has 0 amide bonds. The van der Waals surface area contributed by atoms with Crippen LogP contribution < -0.4 is 4.90 Å². The largest absolute Gasteiger partial charge is 0.455 e. The Labute approximate surface area is 302 Å². The predicted molar refractivity (Wildman–Crippen MR) is 220 cm³/mol. The van der Waals surface area contributed by atoms with Gasteiger partial charge in [0.25, 0.3) is 0 Å². The third kappa shape index (κ3) is 5.04. The molecule has 0 saturated heterocycles. The fourth-order valence-electron chi connectivity index (χ4n) is 7.77. The van der Waals surface area contributed by atoms with Gasteiger partial charge in [-0.3, -0.25) is 0 Å². The summed E-state index contributed by atoms with van der Waals surface area (Å²) in [6, 6.07) is 71.6. The molecule has 0 fully saturated rings. The monoisotopic (exact) mass is 663 g/mol. The number of nitrogens with zero attached hydrogens (tertiary/aromatic N) is 1. The van der Waals surface area contributed by atoms with Crippen molar-refractivity contribution in [2.45, 2.75) is 0 Å². The van der Waals surface area contributed by atoms with Gasteiger partial charge in [-0.1, -0.05) is 158 Å². The Morgan fingerprint density at radius 1 is 0.346 bits per heavy atom. The second-order valence-corrected chi connectivity index (χ2v) is 13.3. The topological polar surface area (TPSA) is 16.4 Å². The van der Waals surface area contributed by atoms with Crippen molar-refractivity contribution in [2.24, 2.45) is 0 Å². The van der Waals surface area contributed by atoms with E-state index in [0.29, 0.717) is 0 Å². The minimum atomic E-state index is 0.853. The molecule has 0 N–H and O–H groups in total. The number of anilines is 3. The maximum Gasteiger partial charge on any atom is 0.143 e. The van der Waals surface area contributed by atoms with Gasteiger partial charge in [-0.15, -0.1) is 0 Å². The highest BCUT2D eigenvalue weighted by molar-refractivity contribution is 6.24. The third-order valence-electron chi connectivity index (χ3n) is 10.2. The molecule has 1 aromatic heterocycles. The van der Waals surface area contributed by atoms with Gasteiger partial charge in [-0.25, -0.2) is 0 Å². The Morgan fingerprint density at radius 2 is 0.904 bits per heavy atom. The minimum Gasteiger partial charge on any atom is -0.455 e. The van der Waals surface area contributed by atoms with Crippen LogP contribution in [0.5, 0.6) is 0 Å². The molecule has 0 aliphatic heterocycles. The second kappa shape index (κ2) is 12.5. The van der Waals surface area contributed by atoms with Gasteiger partial charge in [-0.05, 0) is 86.4 Å². The van der Waals surface area contributed by atoms with Crippen LogP contribution in [0.2, 0.25) is 0 Å². The molecule has 0 saturated carbocycles. The van der Waals surface area contributed by atoms with Gasteiger partial charge >= 0.3 is 0 Å². The SMILES string of the molecule is c1ccc(-c2ccc(N(c3ccc4ccccc4c3)c3c(-c4ccccc4)ccc4oc5c6ccccc6c(-c6ccccc6)cc5c34)cc2)cc1. The fourth-order valence-corrected chi connectivity index (χ4v) is 7.77. The van der Waals surface area contributed by atoms with Crippen LogP contribution in [0.1, 0.15) is 0 Å². The van der Waals surface area contributed by atoms with Crippen molar-refractivity contribution in [3.05, 3.63) is 200 Å². The highest BCUT2D eigenvalue weighted by Gasteiger charge is 2.25. The predicted octanol–water partition coefficient (Wildman–Crippen LogP) is 14.4. The van der Waals surface area contributed by atoms with Crippen LogP contribution in [0.3, 0.4) is 0 Å². The summed E-state index contributed by atoms with van der Waals surface area (Å²) < 4.78 is 6.93. The zero-order valence-corrected chi connectivity index (χ0v) is 28.4. The van der Waals surface area contributed by atoms with Crippen molar-refractivity contribution in [1.29, 1.82) is 0 Å². The molecular weight excluding hydrogens is 631 g/mol. The normalized spacial score (nSPS) is 11.5. The van der Waals surface area contributed by atoms with Crippen molar-refractivity contribution >= 4 is 60.5 Å². The lowest BCUT2D eigenvalue weighted by Gasteiger charge is -2.29. The Bertz CT molecular complexity index is 2870. The van der Waals surface area contributed by atoms with E-state index in [1.54, 1.807) is 0 Å². The van der Waals surface area contributed by atoms with E-state index in [9.17, 15) is 0 Å². The van der Waals surface area contributed by atoms with Crippen LogP contribution >= 0.6 is 0 Å². The highest BCUT2D eigenvalue weighted by atomic mass is 16.3. The molecular formula is C50H33NO. The van der Waals surface area contributed by atoms with Gasteiger partial charge in [0.1, 0.15) is 11.2 Å². The zero-order valence-electron chi connectivity index (χ0n) is 28.4. The molecule has 10 aromatic rings. The molecule has 10 rings (SSSR count). The van der Waals surface area contributed by atoms with Crippen molar-refractivity contribution < 1.29 is 4.42 Å². The van der Waals surface area contributed by atoms with Crippen molar-refractivity contribution in [1.82, 2.24) is 0 Å². The van der Waals surface area contributed by atoms with Gasteiger partial charge in [0, 0.05) is 27.7 Å². The number of hydrogen-bond acceptors (Lipinski definition) is 2. The Hall–Kier alpha value is -6.90. The molecule has 0 unspecified atom stereocenters. The van der Waals surface area contributed by atoms with Gasteiger partial charge in [0.15, 0.2) is 0 Å². The summed E-state index contributed by atoms with van der Waals surface area (Å²) in [5.41, 5.74) is 12.0. The fraction of sp³-hybridized carbons (Fsp3) is 0.